The highest BCUT2D eigenvalue weighted by Gasteiger charge is 2.28. The summed E-state index contributed by atoms with van der Waals surface area (Å²) >= 11 is 1.48. The van der Waals surface area contributed by atoms with Crippen LogP contribution in [0.2, 0.25) is 0 Å². The quantitative estimate of drug-likeness (QED) is 0.842. The van der Waals surface area contributed by atoms with Crippen LogP contribution in [0.15, 0.2) is 29.6 Å². The van der Waals surface area contributed by atoms with Gasteiger partial charge in [-0.2, -0.15) is 0 Å². The summed E-state index contributed by atoms with van der Waals surface area (Å²) in [5.41, 5.74) is 8.21. The molecule has 1 aromatic heterocycles. The maximum Gasteiger partial charge on any atom is 0.271 e. The number of aromatic nitrogens is 1. The molecule has 0 bridgehead atoms. The highest BCUT2D eigenvalue weighted by atomic mass is 35.5. The summed E-state index contributed by atoms with van der Waals surface area (Å²) in [6.45, 7) is 8.98. The van der Waals surface area contributed by atoms with Gasteiger partial charge in [-0.3, -0.25) is 4.79 Å². The van der Waals surface area contributed by atoms with Gasteiger partial charge in [-0.1, -0.05) is 50.6 Å². The van der Waals surface area contributed by atoms with Crippen molar-refractivity contribution in [3.05, 3.63) is 51.5 Å². The van der Waals surface area contributed by atoms with Crippen LogP contribution in [-0.4, -0.2) is 17.4 Å². The lowest BCUT2D eigenvalue weighted by Gasteiger charge is -2.32. The van der Waals surface area contributed by atoms with E-state index in [4.69, 9.17) is 5.73 Å². The lowest BCUT2D eigenvalue weighted by Crippen LogP contribution is -2.36. The fourth-order valence-corrected chi connectivity index (χ4v) is 3.30. The normalized spacial score (nSPS) is 12.4. The summed E-state index contributed by atoms with van der Waals surface area (Å²) in [5, 5.41) is 5.85. The van der Waals surface area contributed by atoms with E-state index in [1.54, 1.807) is 5.38 Å². The van der Waals surface area contributed by atoms with Crippen molar-refractivity contribution in [1.29, 1.82) is 0 Å². The Morgan fingerprint density at radius 1 is 1.38 bits per heavy atom. The van der Waals surface area contributed by atoms with Crippen molar-refractivity contribution in [3.63, 3.8) is 0 Å². The molecule has 1 heterocycles. The number of halogens is 1. The van der Waals surface area contributed by atoms with Crippen molar-refractivity contribution >= 4 is 29.7 Å². The van der Waals surface area contributed by atoms with E-state index in [1.165, 1.54) is 16.9 Å². The first kappa shape index (κ1) is 20.6. The molecule has 0 aliphatic rings. The van der Waals surface area contributed by atoms with Crippen LogP contribution in [0, 0.1) is 12.3 Å². The fraction of sp³-hybridized carbons (Fsp3) is 0.444. The van der Waals surface area contributed by atoms with Crippen LogP contribution >= 0.6 is 23.7 Å². The van der Waals surface area contributed by atoms with E-state index < -0.39 is 0 Å². The van der Waals surface area contributed by atoms with Gasteiger partial charge in [0.1, 0.15) is 5.69 Å². The molecule has 0 aliphatic carbocycles. The number of nitrogens with zero attached hydrogens (tertiary/aromatic N) is 1. The summed E-state index contributed by atoms with van der Waals surface area (Å²) in [4.78, 5) is 17.0. The topological polar surface area (TPSA) is 68.0 Å². The minimum absolute atomic E-state index is 0. The second-order valence-electron chi connectivity index (χ2n) is 6.85. The van der Waals surface area contributed by atoms with Crippen molar-refractivity contribution in [2.45, 2.75) is 40.2 Å². The predicted octanol–water partition coefficient (Wildman–Crippen LogP) is 3.89. The third kappa shape index (κ3) is 5.30. The fourth-order valence-electron chi connectivity index (χ4n) is 2.51. The number of amides is 1. The van der Waals surface area contributed by atoms with Gasteiger partial charge in [0.25, 0.3) is 5.91 Å². The van der Waals surface area contributed by atoms with Crippen LogP contribution in [0.3, 0.4) is 0 Å². The van der Waals surface area contributed by atoms with Crippen LogP contribution in [0.1, 0.15) is 53.4 Å². The highest BCUT2D eigenvalue weighted by Crippen LogP contribution is 2.33. The monoisotopic (exact) mass is 367 g/mol. The molecule has 2 rings (SSSR count). The second kappa shape index (κ2) is 8.60. The minimum Gasteiger partial charge on any atom is -0.343 e. The van der Waals surface area contributed by atoms with E-state index in [0.29, 0.717) is 18.7 Å². The number of rotatable bonds is 5. The zero-order chi connectivity index (χ0) is 17.0. The summed E-state index contributed by atoms with van der Waals surface area (Å²) in [7, 11) is 0. The molecule has 132 valence electrons. The number of carbonyl (C=O) groups is 1. The Labute approximate surface area is 154 Å². The van der Waals surface area contributed by atoms with Crippen molar-refractivity contribution in [3.8, 4) is 0 Å². The first-order valence-electron chi connectivity index (χ1n) is 7.83. The number of hydrogen-bond acceptors (Lipinski definition) is 4. The molecule has 1 amide bonds. The molecule has 0 aliphatic heterocycles. The Kier molecular flexibility index (Phi) is 7.39. The van der Waals surface area contributed by atoms with Gasteiger partial charge in [0.05, 0.1) is 11.0 Å². The van der Waals surface area contributed by atoms with Gasteiger partial charge < -0.3 is 11.1 Å². The largest absolute Gasteiger partial charge is 0.343 e. The van der Waals surface area contributed by atoms with Gasteiger partial charge in [-0.05, 0) is 24.4 Å². The van der Waals surface area contributed by atoms with Crippen LogP contribution in [-0.2, 0) is 6.42 Å². The molecular formula is C18H26ClN3OS. The third-order valence-corrected chi connectivity index (χ3v) is 4.57. The molecule has 0 saturated heterocycles. The molecule has 1 aromatic carbocycles. The Morgan fingerprint density at radius 3 is 2.67 bits per heavy atom. The van der Waals surface area contributed by atoms with Gasteiger partial charge in [0, 0.05) is 11.8 Å². The SMILES string of the molecule is Cc1cccc(C(NC(=O)c2csc(CCN)n2)C(C)(C)C)c1.Cl. The lowest BCUT2D eigenvalue weighted by molar-refractivity contribution is 0.0897. The summed E-state index contributed by atoms with van der Waals surface area (Å²) in [6.07, 6.45) is 0.707. The van der Waals surface area contributed by atoms with Gasteiger partial charge in [0.2, 0.25) is 0 Å². The number of carbonyl (C=O) groups excluding carboxylic acids is 1. The molecule has 2 aromatic rings. The van der Waals surface area contributed by atoms with Crippen molar-refractivity contribution < 1.29 is 4.79 Å². The average molecular weight is 368 g/mol. The Bertz CT molecular complexity index is 679. The molecule has 24 heavy (non-hydrogen) atoms. The minimum atomic E-state index is -0.133. The molecule has 0 spiro atoms. The maximum atomic E-state index is 12.6. The zero-order valence-electron chi connectivity index (χ0n) is 14.6. The van der Waals surface area contributed by atoms with Crippen LogP contribution < -0.4 is 11.1 Å². The van der Waals surface area contributed by atoms with E-state index in [9.17, 15) is 4.79 Å². The smallest absolute Gasteiger partial charge is 0.271 e. The number of thiazole rings is 1. The Hall–Kier alpha value is -1.43. The zero-order valence-corrected chi connectivity index (χ0v) is 16.3. The average Bonchev–Trinajstić information content (AvgIpc) is 2.92. The molecule has 0 radical (unpaired) electrons. The molecule has 0 fully saturated rings. The standard InChI is InChI=1S/C18H25N3OS.ClH/c1-12-6-5-7-13(10-12)16(18(2,3)4)21-17(22)14-11-23-15(20-14)8-9-19;/h5-7,10-11,16H,8-9,19H2,1-4H3,(H,21,22);1H. The molecular weight excluding hydrogens is 342 g/mol. The van der Waals surface area contributed by atoms with Crippen LogP contribution in [0.5, 0.6) is 0 Å². The highest BCUT2D eigenvalue weighted by molar-refractivity contribution is 7.09. The summed E-state index contributed by atoms with van der Waals surface area (Å²) in [6, 6.07) is 8.19. The lowest BCUT2D eigenvalue weighted by atomic mass is 9.82. The number of aryl methyl sites for hydroxylation is 1. The number of benzene rings is 1. The van der Waals surface area contributed by atoms with Gasteiger partial charge in [0.15, 0.2) is 0 Å². The third-order valence-electron chi connectivity index (χ3n) is 3.66. The predicted molar refractivity (Wildman–Crippen MR) is 103 cm³/mol. The maximum absolute atomic E-state index is 12.6. The van der Waals surface area contributed by atoms with E-state index >= 15 is 0 Å². The molecule has 3 N–H and O–H groups in total. The molecule has 6 heteroatoms. The molecule has 1 unspecified atom stereocenters. The van der Waals surface area contributed by atoms with Gasteiger partial charge >= 0.3 is 0 Å². The van der Waals surface area contributed by atoms with Crippen LogP contribution in [0.4, 0.5) is 0 Å². The van der Waals surface area contributed by atoms with Crippen molar-refractivity contribution in [1.82, 2.24) is 10.3 Å². The first-order chi connectivity index (χ1) is 10.8. The number of nitrogens with one attached hydrogen (secondary N) is 1. The van der Waals surface area contributed by atoms with Crippen molar-refractivity contribution in [2.24, 2.45) is 11.1 Å². The van der Waals surface area contributed by atoms with Crippen LogP contribution in [0.25, 0.3) is 0 Å². The van der Waals surface area contributed by atoms with E-state index in [0.717, 1.165) is 10.6 Å². The molecule has 0 saturated carbocycles. The van der Waals surface area contributed by atoms with Gasteiger partial charge in [-0.15, -0.1) is 23.7 Å². The number of hydrogen-bond donors (Lipinski definition) is 2. The van der Waals surface area contributed by atoms with E-state index in [1.807, 2.05) is 6.07 Å². The van der Waals surface area contributed by atoms with E-state index in [-0.39, 0.29) is 29.8 Å². The Balaban J connectivity index is 0.00000288. The molecule has 4 nitrogen and oxygen atoms in total. The Morgan fingerprint density at radius 2 is 2.08 bits per heavy atom. The number of nitrogens with two attached hydrogens (primary N) is 1. The second-order valence-corrected chi connectivity index (χ2v) is 7.79. The molecule has 1 atom stereocenters. The van der Waals surface area contributed by atoms with E-state index in [2.05, 4.69) is 56.2 Å². The summed E-state index contributed by atoms with van der Waals surface area (Å²) in [5.74, 6) is -0.133. The first-order valence-corrected chi connectivity index (χ1v) is 8.71. The van der Waals surface area contributed by atoms with Crippen molar-refractivity contribution in [2.75, 3.05) is 6.54 Å². The summed E-state index contributed by atoms with van der Waals surface area (Å²) < 4.78 is 0. The van der Waals surface area contributed by atoms with Gasteiger partial charge in [-0.25, -0.2) is 4.98 Å².